The summed E-state index contributed by atoms with van der Waals surface area (Å²) in [5, 5.41) is 11.5. The number of rotatable bonds is 14. The molecule has 1 heterocycles. The van der Waals surface area contributed by atoms with Crippen LogP contribution in [-0.2, 0) is 39.7 Å². The molecule has 40 heavy (non-hydrogen) atoms. The lowest BCUT2D eigenvalue weighted by molar-refractivity contribution is -0.136. The van der Waals surface area contributed by atoms with Crippen molar-refractivity contribution in [2.45, 2.75) is 130 Å². The van der Waals surface area contributed by atoms with Gasteiger partial charge in [-0.3, -0.25) is 4.79 Å². The number of carboxylic acid groups (broad SMARTS) is 1. The van der Waals surface area contributed by atoms with Gasteiger partial charge in [-0.15, -0.1) is 11.3 Å². The van der Waals surface area contributed by atoms with Crippen LogP contribution in [0.3, 0.4) is 0 Å². The fourth-order valence-corrected chi connectivity index (χ4v) is 6.77. The van der Waals surface area contributed by atoms with Crippen LogP contribution in [0.4, 0.5) is 0 Å². The Kier molecular flexibility index (Phi) is 12.2. The predicted octanol–water partition coefficient (Wildman–Crippen LogP) is 10.2. The van der Waals surface area contributed by atoms with Gasteiger partial charge >= 0.3 is 5.97 Å². The van der Waals surface area contributed by atoms with Crippen LogP contribution in [0.2, 0.25) is 36.3 Å². The zero-order chi connectivity index (χ0) is 30.4. The molecule has 1 aromatic heterocycles. The molecule has 4 nitrogen and oxygen atoms in total. The van der Waals surface area contributed by atoms with E-state index < -0.39 is 22.6 Å². The van der Waals surface area contributed by atoms with Crippen molar-refractivity contribution in [2.24, 2.45) is 0 Å². The van der Waals surface area contributed by atoms with Gasteiger partial charge in [-0.05, 0) is 101 Å². The lowest BCUT2D eigenvalue weighted by atomic mass is 10.00. The Balaban J connectivity index is 2.21. The number of allylic oxidation sites excluding steroid dienone is 2. The molecule has 0 aliphatic heterocycles. The van der Waals surface area contributed by atoms with Gasteiger partial charge in [0.25, 0.3) is 0 Å². The Morgan fingerprint density at radius 1 is 0.875 bits per heavy atom. The Morgan fingerprint density at radius 2 is 1.43 bits per heavy atom. The number of aryl methyl sites for hydroxylation is 2. The van der Waals surface area contributed by atoms with Gasteiger partial charge in [0.1, 0.15) is 0 Å². The molecule has 0 aliphatic rings. The molecule has 0 spiro atoms. The summed E-state index contributed by atoms with van der Waals surface area (Å²) >= 11 is 1.76. The Hall–Kier alpha value is -1.52. The van der Waals surface area contributed by atoms with Gasteiger partial charge < -0.3 is 14.0 Å². The smallest absolute Gasteiger partial charge is 0.303 e. The van der Waals surface area contributed by atoms with Gasteiger partial charge in [-0.25, -0.2) is 0 Å². The number of hydrogen-bond donors (Lipinski definition) is 1. The van der Waals surface area contributed by atoms with E-state index in [4.69, 9.17) is 14.0 Å². The average Bonchev–Trinajstić information content (AvgIpc) is 3.30. The summed E-state index contributed by atoms with van der Waals surface area (Å²) in [7, 11) is -3.75. The lowest BCUT2D eigenvalue weighted by Gasteiger charge is -2.37. The molecule has 0 bridgehead atoms. The molecule has 1 aromatic carbocycles. The predicted molar refractivity (Wildman–Crippen MR) is 177 cm³/mol. The van der Waals surface area contributed by atoms with E-state index in [0.29, 0.717) is 19.6 Å². The maximum Gasteiger partial charge on any atom is 0.303 e. The molecule has 224 valence electrons. The summed E-state index contributed by atoms with van der Waals surface area (Å²) in [5.41, 5.74) is 6.40. The van der Waals surface area contributed by atoms with Crippen LogP contribution in [0.25, 0.3) is 5.57 Å². The minimum Gasteiger partial charge on any atom is -0.481 e. The first kappa shape index (κ1) is 34.7. The van der Waals surface area contributed by atoms with Gasteiger partial charge in [0.15, 0.2) is 16.6 Å². The van der Waals surface area contributed by atoms with Crippen molar-refractivity contribution in [3.05, 3.63) is 62.9 Å². The van der Waals surface area contributed by atoms with E-state index in [1.165, 1.54) is 32.7 Å². The minimum atomic E-state index is -1.89. The summed E-state index contributed by atoms with van der Waals surface area (Å²) in [4.78, 5) is 12.1. The maximum absolute atomic E-state index is 10.9. The van der Waals surface area contributed by atoms with Crippen molar-refractivity contribution in [1.29, 1.82) is 0 Å². The van der Waals surface area contributed by atoms with Gasteiger partial charge in [0, 0.05) is 11.3 Å². The van der Waals surface area contributed by atoms with E-state index in [2.05, 4.69) is 110 Å². The molecule has 0 saturated heterocycles. The fraction of sp³-hybridized carbons (Fsp3) is 0.606. The molecule has 0 amide bonds. The maximum atomic E-state index is 10.9. The first-order chi connectivity index (χ1) is 18.4. The number of carbonyl (C=O) groups is 1. The number of hydrogen-bond acceptors (Lipinski definition) is 4. The largest absolute Gasteiger partial charge is 0.481 e. The fourth-order valence-electron chi connectivity index (χ4n) is 3.81. The number of thiophene rings is 1. The SMILES string of the molecule is CC/C(=C/CCC(=O)O)c1cc(CCc2ccc(CO[Si](C)(C)C(C)(C)C)c(CO[Si](C)(C)C(C)(C)C)c2)cs1. The van der Waals surface area contributed by atoms with E-state index in [0.717, 1.165) is 19.3 Å². The third-order valence-corrected chi connectivity index (χ3v) is 18.9. The number of aliphatic carboxylic acids is 1. The van der Waals surface area contributed by atoms with E-state index in [9.17, 15) is 4.79 Å². The highest BCUT2D eigenvalue weighted by molar-refractivity contribution is 7.11. The number of carboxylic acids is 1. The van der Waals surface area contributed by atoms with Gasteiger partial charge in [0.2, 0.25) is 0 Å². The van der Waals surface area contributed by atoms with Crippen LogP contribution in [0.1, 0.15) is 94.9 Å². The van der Waals surface area contributed by atoms with E-state index in [-0.39, 0.29) is 16.5 Å². The normalized spacial score (nSPS) is 13.6. The molecule has 0 radical (unpaired) electrons. The quantitative estimate of drug-likeness (QED) is 0.219. The zero-order valence-corrected chi connectivity index (χ0v) is 29.8. The zero-order valence-electron chi connectivity index (χ0n) is 27.0. The summed E-state index contributed by atoms with van der Waals surface area (Å²) in [5.74, 6) is -0.745. The highest BCUT2D eigenvalue weighted by atomic mass is 32.1. The second-order valence-corrected chi connectivity index (χ2v) is 24.6. The summed E-state index contributed by atoms with van der Waals surface area (Å²) < 4.78 is 13.3. The van der Waals surface area contributed by atoms with E-state index in [1.807, 2.05) is 0 Å². The highest BCUT2D eigenvalue weighted by Gasteiger charge is 2.38. The van der Waals surface area contributed by atoms with Crippen molar-refractivity contribution >= 4 is 39.5 Å². The van der Waals surface area contributed by atoms with Crippen molar-refractivity contribution in [3.63, 3.8) is 0 Å². The molecule has 2 aromatic rings. The second-order valence-electron chi connectivity index (χ2n) is 14.0. The van der Waals surface area contributed by atoms with Crippen LogP contribution >= 0.6 is 11.3 Å². The Bertz CT molecular complexity index is 1150. The van der Waals surface area contributed by atoms with Crippen molar-refractivity contribution in [1.82, 2.24) is 0 Å². The van der Waals surface area contributed by atoms with Crippen LogP contribution in [0, 0.1) is 0 Å². The first-order valence-electron chi connectivity index (χ1n) is 14.7. The summed E-state index contributed by atoms with van der Waals surface area (Å²) in [6.07, 6.45) is 5.71. The Morgan fingerprint density at radius 3 is 1.95 bits per heavy atom. The monoisotopic (exact) mass is 602 g/mol. The standard InChI is InChI=1S/C33H54O4SSi2/c1-12-27(14-13-15-31(34)35)30-21-26(24-38-30)17-16-25-18-19-28(22-36-39(8,9)32(2,3)4)29(20-25)23-37-40(10,11)33(5,6)7/h14,18-21,24H,12-13,15-17,22-23H2,1-11H3,(H,34,35)/b27-14-. The van der Waals surface area contributed by atoms with Gasteiger partial charge in [-0.2, -0.15) is 0 Å². The topological polar surface area (TPSA) is 55.8 Å². The molecule has 0 saturated carbocycles. The van der Waals surface area contributed by atoms with Gasteiger partial charge in [0.05, 0.1) is 13.2 Å². The van der Waals surface area contributed by atoms with E-state index in [1.54, 1.807) is 11.3 Å². The third-order valence-electron chi connectivity index (χ3n) is 8.86. The third kappa shape index (κ3) is 10.1. The molecular formula is C33H54O4SSi2. The van der Waals surface area contributed by atoms with Crippen LogP contribution in [-0.4, -0.2) is 27.7 Å². The average molecular weight is 603 g/mol. The molecular weight excluding hydrogens is 549 g/mol. The molecule has 7 heteroatoms. The summed E-state index contributed by atoms with van der Waals surface area (Å²) in [6.45, 7) is 26.4. The second kappa shape index (κ2) is 14.1. The molecule has 0 atom stereocenters. The van der Waals surface area contributed by atoms with Crippen molar-refractivity contribution < 1.29 is 18.8 Å². The molecule has 2 rings (SSSR count). The van der Waals surface area contributed by atoms with Crippen LogP contribution in [0.15, 0.2) is 35.7 Å². The van der Waals surface area contributed by atoms with Crippen molar-refractivity contribution in [3.8, 4) is 0 Å². The highest BCUT2D eigenvalue weighted by Crippen LogP contribution is 2.39. The van der Waals surface area contributed by atoms with Crippen molar-refractivity contribution in [2.75, 3.05) is 0 Å². The lowest BCUT2D eigenvalue weighted by Crippen LogP contribution is -2.41. The molecule has 0 unspecified atom stereocenters. The summed E-state index contributed by atoms with van der Waals surface area (Å²) in [6, 6.07) is 9.14. The molecule has 0 fully saturated rings. The molecule has 1 N–H and O–H groups in total. The van der Waals surface area contributed by atoms with Crippen LogP contribution in [0.5, 0.6) is 0 Å². The first-order valence-corrected chi connectivity index (χ1v) is 21.4. The van der Waals surface area contributed by atoms with E-state index >= 15 is 0 Å². The molecule has 0 aliphatic carbocycles. The minimum absolute atomic E-state index is 0.165. The van der Waals surface area contributed by atoms with Crippen LogP contribution < -0.4 is 0 Å². The van der Waals surface area contributed by atoms with Gasteiger partial charge in [-0.1, -0.05) is 72.7 Å². The Labute approximate surface area is 250 Å². The number of benzene rings is 1.